The molecule has 0 unspecified atom stereocenters. The minimum Gasteiger partial charge on any atom is -0.293 e. The van der Waals surface area contributed by atoms with Gasteiger partial charge in [0.05, 0.1) is 4.88 Å². The molecule has 0 N–H and O–H groups in total. The van der Waals surface area contributed by atoms with Crippen LogP contribution in [0.3, 0.4) is 0 Å². The number of carbonyl (C=O) groups excluding carboxylic acids is 1. The van der Waals surface area contributed by atoms with Crippen molar-refractivity contribution in [3.05, 3.63) is 46.8 Å². The van der Waals surface area contributed by atoms with Crippen LogP contribution in [-0.4, -0.2) is 5.78 Å². The van der Waals surface area contributed by atoms with Crippen molar-refractivity contribution in [2.45, 2.75) is 26.7 Å². The molecule has 0 aliphatic carbocycles. The first-order valence-electron chi connectivity index (χ1n) is 5.91. The van der Waals surface area contributed by atoms with Crippen LogP contribution in [0.15, 0.2) is 36.4 Å². The van der Waals surface area contributed by atoms with Crippen LogP contribution >= 0.6 is 11.3 Å². The van der Waals surface area contributed by atoms with Crippen molar-refractivity contribution in [3.63, 3.8) is 0 Å². The highest BCUT2D eigenvalue weighted by atomic mass is 32.1. The van der Waals surface area contributed by atoms with Gasteiger partial charge in [-0.3, -0.25) is 4.79 Å². The van der Waals surface area contributed by atoms with Gasteiger partial charge in [0.1, 0.15) is 0 Å². The highest BCUT2D eigenvalue weighted by Gasteiger charge is 2.12. The molecule has 0 saturated carbocycles. The fraction of sp³-hybridized carbons (Fsp3) is 0.267. The third kappa shape index (κ3) is 2.64. The molecule has 88 valence electrons. The van der Waals surface area contributed by atoms with E-state index < -0.39 is 0 Å². The number of aryl methyl sites for hydroxylation is 1. The smallest absolute Gasteiger partial charge is 0.172 e. The summed E-state index contributed by atoms with van der Waals surface area (Å²) in [4.78, 5) is 14.0. The van der Waals surface area contributed by atoms with Gasteiger partial charge in [0, 0.05) is 11.3 Å². The lowest BCUT2D eigenvalue weighted by molar-refractivity contribution is 0.0985. The molecule has 17 heavy (non-hydrogen) atoms. The van der Waals surface area contributed by atoms with E-state index in [0.717, 1.165) is 11.3 Å². The average Bonchev–Trinajstić information content (AvgIpc) is 2.73. The van der Waals surface area contributed by atoms with E-state index in [9.17, 15) is 4.79 Å². The molecule has 1 nitrogen and oxygen atoms in total. The van der Waals surface area contributed by atoms with Gasteiger partial charge in [-0.25, -0.2) is 0 Å². The molecule has 0 radical (unpaired) electrons. The molecule has 0 fully saturated rings. The summed E-state index contributed by atoms with van der Waals surface area (Å²) >= 11 is 1.61. The zero-order valence-electron chi connectivity index (χ0n) is 10.2. The fourth-order valence-corrected chi connectivity index (χ4v) is 2.99. The van der Waals surface area contributed by atoms with E-state index >= 15 is 0 Å². The number of rotatable bonds is 4. The Morgan fingerprint density at radius 2 is 1.94 bits per heavy atom. The van der Waals surface area contributed by atoms with E-state index in [4.69, 9.17) is 0 Å². The van der Waals surface area contributed by atoms with Crippen molar-refractivity contribution >= 4 is 17.1 Å². The molecule has 1 heterocycles. The SMILES string of the molecule is CCCC(=O)c1cc(C)c(-c2ccccc2)s1. The minimum atomic E-state index is 0.266. The molecule has 0 atom stereocenters. The number of carbonyl (C=O) groups is 1. The average molecular weight is 244 g/mol. The van der Waals surface area contributed by atoms with Crippen molar-refractivity contribution < 1.29 is 4.79 Å². The molecule has 0 aliphatic heterocycles. The molecule has 0 aliphatic rings. The van der Waals surface area contributed by atoms with Gasteiger partial charge in [0.25, 0.3) is 0 Å². The van der Waals surface area contributed by atoms with E-state index in [1.807, 2.05) is 31.2 Å². The molecule has 1 aromatic heterocycles. The van der Waals surface area contributed by atoms with Crippen LogP contribution < -0.4 is 0 Å². The second-order valence-electron chi connectivity index (χ2n) is 4.16. The molecule has 2 aromatic rings. The van der Waals surface area contributed by atoms with E-state index in [2.05, 4.69) is 19.1 Å². The molecule has 1 aromatic carbocycles. The Bertz CT molecular complexity index is 511. The largest absolute Gasteiger partial charge is 0.293 e. The molecule has 0 saturated heterocycles. The monoisotopic (exact) mass is 244 g/mol. The fourth-order valence-electron chi connectivity index (χ4n) is 1.85. The minimum absolute atomic E-state index is 0.266. The normalized spacial score (nSPS) is 10.5. The Labute approximate surface area is 106 Å². The molecular formula is C15H16OS. The molecule has 2 heteroatoms. The van der Waals surface area contributed by atoms with Crippen molar-refractivity contribution in [1.82, 2.24) is 0 Å². The van der Waals surface area contributed by atoms with E-state index in [1.54, 1.807) is 11.3 Å². The van der Waals surface area contributed by atoms with Crippen LogP contribution in [0.2, 0.25) is 0 Å². The van der Waals surface area contributed by atoms with Crippen molar-refractivity contribution in [2.75, 3.05) is 0 Å². The predicted octanol–water partition coefficient (Wildman–Crippen LogP) is 4.71. The van der Waals surface area contributed by atoms with E-state index in [0.29, 0.717) is 6.42 Å². The Kier molecular flexibility index (Phi) is 3.75. The number of ketones is 1. The lowest BCUT2D eigenvalue weighted by atomic mass is 10.1. The summed E-state index contributed by atoms with van der Waals surface area (Å²) in [6.07, 6.45) is 1.56. The number of hydrogen-bond donors (Lipinski definition) is 0. The summed E-state index contributed by atoms with van der Waals surface area (Å²) in [5.74, 6) is 0.266. The summed E-state index contributed by atoms with van der Waals surface area (Å²) in [5, 5.41) is 0. The number of thiophene rings is 1. The second kappa shape index (κ2) is 5.28. The van der Waals surface area contributed by atoms with Crippen LogP contribution in [0.25, 0.3) is 10.4 Å². The standard InChI is InChI=1S/C15H16OS/c1-3-7-13(16)14-10-11(2)15(17-14)12-8-5-4-6-9-12/h4-6,8-10H,3,7H2,1-2H3. The van der Waals surface area contributed by atoms with Gasteiger partial charge >= 0.3 is 0 Å². The van der Waals surface area contributed by atoms with Gasteiger partial charge in [-0.1, -0.05) is 37.3 Å². The van der Waals surface area contributed by atoms with Gasteiger partial charge in [0.15, 0.2) is 5.78 Å². The summed E-state index contributed by atoms with van der Waals surface area (Å²) < 4.78 is 0. The highest BCUT2D eigenvalue weighted by Crippen LogP contribution is 2.32. The first-order valence-corrected chi connectivity index (χ1v) is 6.73. The predicted molar refractivity (Wildman–Crippen MR) is 73.7 cm³/mol. The van der Waals surface area contributed by atoms with Crippen LogP contribution in [-0.2, 0) is 0 Å². The Balaban J connectivity index is 2.35. The van der Waals surface area contributed by atoms with Gasteiger partial charge in [-0.05, 0) is 30.5 Å². The maximum atomic E-state index is 11.9. The highest BCUT2D eigenvalue weighted by molar-refractivity contribution is 7.17. The summed E-state index contributed by atoms with van der Waals surface area (Å²) in [7, 11) is 0. The van der Waals surface area contributed by atoms with Crippen molar-refractivity contribution in [2.24, 2.45) is 0 Å². The lowest BCUT2D eigenvalue weighted by Gasteiger charge is -1.97. The molecule has 0 spiro atoms. The topological polar surface area (TPSA) is 17.1 Å². The number of hydrogen-bond acceptors (Lipinski definition) is 2. The summed E-state index contributed by atoms with van der Waals surface area (Å²) in [6.45, 7) is 4.11. The van der Waals surface area contributed by atoms with Crippen LogP contribution in [0, 0.1) is 6.92 Å². The Morgan fingerprint density at radius 3 is 2.59 bits per heavy atom. The van der Waals surface area contributed by atoms with Crippen molar-refractivity contribution in [1.29, 1.82) is 0 Å². The van der Waals surface area contributed by atoms with E-state index in [-0.39, 0.29) is 5.78 Å². The third-order valence-electron chi connectivity index (χ3n) is 2.71. The third-order valence-corrected chi connectivity index (χ3v) is 4.03. The van der Waals surface area contributed by atoms with Crippen LogP contribution in [0.4, 0.5) is 0 Å². The molecule has 0 bridgehead atoms. The molecule has 2 rings (SSSR count). The van der Waals surface area contributed by atoms with Gasteiger partial charge in [0.2, 0.25) is 0 Å². The Hall–Kier alpha value is -1.41. The lowest BCUT2D eigenvalue weighted by Crippen LogP contribution is -1.93. The van der Waals surface area contributed by atoms with Gasteiger partial charge < -0.3 is 0 Å². The quantitative estimate of drug-likeness (QED) is 0.712. The summed E-state index contributed by atoms with van der Waals surface area (Å²) in [6, 6.07) is 12.3. The van der Waals surface area contributed by atoms with E-state index in [1.165, 1.54) is 16.0 Å². The van der Waals surface area contributed by atoms with Gasteiger partial charge in [-0.15, -0.1) is 11.3 Å². The van der Waals surface area contributed by atoms with Crippen LogP contribution in [0.1, 0.15) is 35.0 Å². The molecular weight excluding hydrogens is 228 g/mol. The Morgan fingerprint density at radius 1 is 1.24 bits per heavy atom. The second-order valence-corrected chi connectivity index (χ2v) is 5.21. The zero-order valence-corrected chi connectivity index (χ0v) is 11.0. The maximum absolute atomic E-state index is 11.9. The molecule has 0 amide bonds. The number of benzene rings is 1. The first-order chi connectivity index (χ1) is 8.22. The van der Waals surface area contributed by atoms with Crippen LogP contribution in [0.5, 0.6) is 0 Å². The zero-order chi connectivity index (χ0) is 12.3. The van der Waals surface area contributed by atoms with Crippen molar-refractivity contribution in [3.8, 4) is 10.4 Å². The first kappa shape index (κ1) is 12.1. The maximum Gasteiger partial charge on any atom is 0.172 e. The van der Waals surface area contributed by atoms with Gasteiger partial charge in [-0.2, -0.15) is 0 Å². The summed E-state index contributed by atoms with van der Waals surface area (Å²) in [5.41, 5.74) is 2.39. The number of Topliss-reactive ketones (excluding diaryl/α,β-unsaturated/α-hetero) is 1.